The summed E-state index contributed by atoms with van der Waals surface area (Å²) in [5.41, 5.74) is 6.77. The Morgan fingerprint density at radius 1 is 0.348 bits per heavy atom. The van der Waals surface area contributed by atoms with Gasteiger partial charge in [0.2, 0.25) is 0 Å². The molecule has 0 aliphatic rings. The maximum absolute atomic E-state index is 6.99. The van der Waals surface area contributed by atoms with Gasteiger partial charge in [-0.1, -0.05) is 286 Å². The molecule has 0 aromatic heterocycles. The van der Waals surface area contributed by atoms with E-state index in [2.05, 4.69) is 179 Å². The number of aryl methyl sites for hydroxylation is 2. The van der Waals surface area contributed by atoms with Crippen molar-refractivity contribution in [3.05, 3.63) is 57.6 Å². The van der Waals surface area contributed by atoms with Crippen molar-refractivity contribution in [1.82, 2.24) is 0 Å². The van der Waals surface area contributed by atoms with Crippen molar-refractivity contribution in [2.75, 3.05) is 19.8 Å². The molecule has 2 rings (SSSR count). The summed E-state index contributed by atoms with van der Waals surface area (Å²) in [7, 11) is -3.47. The van der Waals surface area contributed by atoms with Crippen LogP contribution in [0.5, 0.6) is 11.5 Å². The van der Waals surface area contributed by atoms with Crippen LogP contribution in [0.2, 0.25) is 0 Å². The third kappa shape index (κ3) is 46.7. The minimum absolute atomic E-state index is 0. The number of benzene rings is 2. The smallest absolute Gasteiger partial charge is 0.426 e. The molecular weight excluding hydrogens is 1190 g/mol. The molecule has 0 saturated carbocycles. The minimum Gasteiger partial charge on any atom is -0.426 e. The average molecular weight is 1320 g/mol. The van der Waals surface area contributed by atoms with E-state index in [0.717, 1.165) is 61.2 Å². The van der Waals surface area contributed by atoms with Crippen molar-refractivity contribution in [1.29, 1.82) is 0 Å². The molecule has 2 aromatic rings. The van der Waals surface area contributed by atoms with Gasteiger partial charge in [-0.15, -0.1) is 0 Å². The van der Waals surface area contributed by atoms with Crippen LogP contribution in [-0.2, 0) is 28.9 Å². The second kappa shape index (κ2) is 62.8. The molecule has 92 heavy (non-hydrogen) atoms. The predicted molar refractivity (Wildman–Crippen MR) is 394 cm³/mol. The molecule has 0 bridgehead atoms. The highest BCUT2D eigenvalue weighted by Gasteiger charge is 2.31. The molecule has 14 heteroatoms. The van der Waals surface area contributed by atoms with Crippen LogP contribution in [0, 0.1) is 85.1 Å². The standard InChI is InChI=1S/C78H120O6P2.6H2O/c1-14-19-23-27-31-35-39-43-47-51-55-60-79-85(80-61-56-52-48-44-40-36-32-28-24-20-15-2)83-75-64-68(6)71(66-73(75)77(8,9)10)70(59-18-5)72-67-74(78(11,12)13)76(65-69(72)7)84-86(81-62-57-53-49-45-41-37-33-29-25-21-16-3)82-63-58-54-50-46-42-38-34-30-26-22-17-4;;;;;;/h64-67,70H,14-16,18-21,23-25,27-29,31-33,35-37,39-41,43-45,47-49,51-53,55-57,59-62H2,1-13H3;6*1H2. The Morgan fingerprint density at radius 3 is 0.913 bits per heavy atom. The van der Waals surface area contributed by atoms with E-state index < -0.39 is 17.2 Å². The predicted octanol–water partition coefficient (Wildman–Crippen LogP) is 19.1. The van der Waals surface area contributed by atoms with Crippen LogP contribution >= 0.6 is 17.2 Å². The quantitative estimate of drug-likeness (QED) is 0.0354. The first-order chi connectivity index (χ1) is 41.7. The van der Waals surface area contributed by atoms with E-state index in [9.17, 15) is 0 Å². The highest BCUT2D eigenvalue weighted by atomic mass is 31.2. The first-order valence-electron chi connectivity index (χ1n) is 34.4. The van der Waals surface area contributed by atoms with Crippen LogP contribution in [0.15, 0.2) is 24.3 Å². The fraction of sp³-hybridized carbons (Fsp3) is 0.692. The Hall–Kier alpha value is -4.30. The topological polar surface area (TPSA) is 244 Å². The van der Waals surface area contributed by atoms with Crippen molar-refractivity contribution in [3.8, 4) is 82.7 Å². The third-order valence-corrected chi connectivity index (χ3v) is 17.8. The second-order valence-corrected chi connectivity index (χ2v) is 27.9. The molecule has 526 valence electrons. The molecule has 0 aliphatic carbocycles. The van der Waals surface area contributed by atoms with Crippen molar-refractivity contribution in [3.63, 3.8) is 0 Å². The van der Waals surface area contributed by atoms with Gasteiger partial charge in [-0.05, 0) is 121 Å². The van der Waals surface area contributed by atoms with Crippen LogP contribution < -0.4 is 9.05 Å². The highest BCUT2D eigenvalue weighted by Crippen LogP contribution is 2.49. The Labute approximate surface area is 566 Å². The Balaban J connectivity index is -0.00000420. The molecule has 2 unspecified atom stereocenters. The fourth-order valence-corrected chi connectivity index (χ4v) is 12.6. The van der Waals surface area contributed by atoms with E-state index >= 15 is 0 Å². The van der Waals surface area contributed by atoms with Crippen LogP contribution in [0.4, 0.5) is 0 Å². The first kappa shape index (κ1) is 96.4. The van der Waals surface area contributed by atoms with E-state index in [1.807, 2.05) is 0 Å². The van der Waals surface area contributed by atoms with Gasteiger partial charge in [0.05, 0.1) is 19.8 Å². The lowest BCUT2D eigenvalue weighted by atomic mass is 9.76. The molecule has 12 N–H and O–H groups in total. The molecule has 2 aromatic carbocycles. The first-order valence-corrected chi connectivity index (χ1v) is 36.6. The molecule has 0 spiro atoms. The zero-order valence-electron chi connectivity index (χ0n) is 60.1. The molecule has 0 amide bonds. The van der Waals surface area contributed by atoms with Crippen LogP contribution in [0.1, 0.15) is 340 Å². The summed E-state index contributed by atoms with van der Waals surface area (Å²) in [6.45, 7) is 30.8. The van der Waals surface area contributed by atoms with Crippen LogP contribution in [0.25, 0.3) is 0 Å². The Morgan fingerprint density at radius 2 is 0.620 bits per heavy atom. The zero-order chi connectivity index (χ0) is 62.8. The third-order valence-electron chi connectivity index (χ3n) is 15.7. The van der Waals surface area contributed by atoms with Gasteiger partial charge in [-0.25, -0.2) is 0 Å². The summed E-state index contributed by atoms with van der Waals surface area (Å²) in [5, 5.41) is 0. The lowest BCUT2D eigenvalue weighted by Gasteiger charge is -2.31. The zero-order valence-corrected chi connectivity index (χ0v) is 61.9. The monoisotopic (exact) mass is 1320 g/mol. The van der Waals surface area contributed by atoms with Gasteiger partial charge in [0, 0.05) is 46.6 Å². The molecule has 0 saturated heterocycles. The van der Waals surface area contributed by atoms with Crippen molar-refractivity contribution >= 4 is 17.2 Å². The normalized spacial score (nSPS) is 11.0. The lowest BCUT2D eigenvalue weighted by Crippen LogP contribution is -2.17. The largest absolute Gasteiger partial charge is 0.472 e. The molecular formula is C78H132O12P2. The molecule has 0 radical (unpaired) electrons. The molecule has 0 heterocycles. The fourth-order valence-electron chi connectivity index (χ4n) is 10.7. The van der Waals surface area contributed by atoms with Crippen molar-refractivity contribution in [2.45, 2.75) is 331 Å². The number of hydrogen-bond donors (Lipinski definition) is 0. The SMILES string of the molecule is CC#CC#CC#CC#CC#CC#COP(OCCCCCCCCCCCCC)Oc1cc(C)c(C(CCC)c2cc(C(C)(C)C)c(OP(OCCCCCCCCCCCCC)OCCCCCCCCCCCCC)cc2C)cc1C(C)(C)C.O.O.O.O.O.O. The second-order valence-electron chi connectivity index (χ2n) is 25.7. The Kier molecular flexibility index (Phi) is 65.8. The summed E-state index contributed by atoms with van der Waals surface area (Å²) in [5.74, 6) is 31.3. The minimum atomic E-state index is -1.88. The summed E-state index contributed by atoms with van der Waals surface area (Å²) in [4.78, 5) is 0. The van der Waals surface area contributed by atoms with Crippen molar-refractivity contribution in [2.24, 2.45) is 0 Å². The van der Waals surface area contributed by atoms with Crippen LogP contribution in [-0.4, -0.2) is 52.7 Å². The molecule has 2 atom stereocenters. The van der Waals surface area contributed by atoms with Gasteiger partial charge >= 0.3 is 17.2 Å². The maximum atomic E-state index is 6.99. The number of unbranched alkanes of at least 4 members (excludes halogenated alkanes) is 30. The summed E-state index contributed by atoms with van der Waals surface area (Å²) >= 11 is 0. The molecule has 0 fully saturated rings. The number of rotatable bonds is 48. The van der Waals surface area contributed by atoms with E-state index in [1.165, 1.54) is 208 Å². The molecule has 12 nitrogen and oxygen atoms in total. The van der Waals surface area contributed by atoms with Crippen LogP contribution in [0.3, 0.4) is 0 Å². The number of hydrogen-bond acceptors (Lipinski definition) is 6. The van der Waals surface area contributed by atoms with E-state index in [4.69, 9.17) is 27.1 Å². The lowest BCUT2D eigenvalue weighted by molar-refractivity contribution is 0.197. The van der Waals surface area contributed by atoms with Gasteiger partial charge < -0.3 is 55.5 Å². The van der Waals surface area contributed by atoms with E-state index in [-0.39, 0.29) is 49.6 Å². The van der Waals surface area contributed by atoms with Crippen molar-refractivity contribution < 1.29 is 60.0 Å². The van der Waals surface area contributed by atoms with E-state index in [0.29, 0.717) is 19.8 Å². The van der Waals surface area contributed by atoms with Gasteiger partial charge in [0.15, 0.2) is 0 Å². The van der Waals surface area contributed by atoms with Gasteiger partial charge in [0.25, 0.3) is 0 Å². The summed E-state index contributed by atoms with van der Waals surface area (Å²) < 4.78 is 39.5. The highest BCUT2D eigenvalue weighted by molar-refractivity contribution is 7.42. The summed E-state index contributed by atoms with van der Waals surface area (Å²) in [6, 6.07) is 9.28. The van der Waals surface area contributed by atoms with Gasteiger partial charge in [-0.2, -0.15) is 0 Å². The average Bonchev–Trinajstić information content (AvgIpc) is 0.776. The molecule has 0 aliphatic heterocycles. The van der Waals surface area contributed by atoms with Gasteiger partial charge in [-0.3, -0.25) is 4.52 Å². The Bertz CT molecular complexity index is 2490. The maximum Gasteiger partial charge on any atom is 0.472 e. The van der Waals surface area contributed by atoms with E-state index in [1.54, 1.807) is 6.92 Å². The van der Waals surface area contributed by atoms with Gasteiger partial charge in [0.1, 0.15) is 17.6 Å². The summed E-state index contributed by atoms with van der Waals surface area (Å²) in [6.07, 6.45) is 47.2.